The minimum atomic E-state index is -0.950. The van der Waals surface area contributed by atoms with Crippen LogP contribution in [0, 0.1) is 0 Å². The molecular weight excluding hydrogens is 256 g/mol. The lowest BCUT2D eigenvalue weighted by Crippen LogP contribution is -2.56. The number of nitrogens with zero attached hydrogens (tertiary/aromatic N) is 2. The molecule has 3 aliphatic heterocycles. The maximum atomic E-state index is 12.7. The first kappa shape index (κ1) is 13.4. The third-order valence-corrected chi connectivity index (χ3v) is 4.54. The van der Waals surface area contributed by atoms with Crippen molar-refractivity contribution in [1.82, 2.24) is 4.90 Å². The number of carbonyl (C=O) groups is 1. The second kappa shape index (κ2) is 4.19. The molecule has 0 radical (unpaired) electrons. The molecule has 0 bridgehead atoms. The highest BCUT2D eigenvalue weighted by molar-refractivity contribution is 6.09. The minimum absolute atomic E-state index is 0.0469. The van der Waals surface area contributed by atoms with Crippen LogP contribution in [0.5, 0.6) is 0 Å². The van der Waals surface area contributed by atoms with Gasteiger partial charge in [0.05, 0.1) is 6.61 Å². The zero-order chi connectivity index (χ0) is 14.5. The Bertz CT molecular complexity index is 531. The first-order valence-corrected chi connectivity index (χ1v) is 6.90. The molecule has 3 heterocycles. The van der Waals surface area contributed by atoms with E-state index in [1.54, 1.807) is 11.9 Å². The Hall–Kier alpha value is -1.62. The third-order valence-electron chi connectivity index (χ3n) is 4.54. The molecule has 3 rings (SSSR count). The Kier molecular flexibility index (Phi) is 2.80. The van der Waals surface area contributed by atoms with Crippen LogP contribution in [0.2, 0.25) is 0 Å². The number of ether oxygens (including phenoxy) is 2. The highest BCUT2D eigenvalue weighted by Crippen LogP contribution is 2.48. The SMILES string of the molecule is C=C1OC2(CCCOC2)CC2(N=C(C)N(C)C2=O)C1=C. The van der Waals surface area contributed by atoms with Crippen LogP contribution in [0.4, 0.5) is 0 Å². The van der Waals surface area contributed by atoms with Gasteiger partial charge < -0.3 is 14.4 Å². The molecule has 5 nitrogen and oxygen atoms in total. The van der Waals surface area contributed by atoms with Crippen molar-refractivity contribution in [2.24, 2.45) is 4.99 Å². The van der Waals surface area contributed by atoms with Gasteiger partial charge in [-0.25, -0.2) is 0 Å². The Labute approximate surface area is 118 Å². The molecule has 0 N–H and O–H groups in total. The number of likely N-dealkylation sites (N-methyl/N-ethyl adjacent to an activating group) is 1. The quantitative estimate of drug-likeness (QED) is 0.676. The van der Waals surface area contributed by atoms with Crippen molar-refractivity contribution < 1.29 is 14.3 Å². The molecule has 20 heavy (non-hydrogen) atoms. The summed E-state index contributed by atoms with van der Waals surface area (Å²) in [5, 5.41) is 0. The van der Waals surface area contributed by atoms with Crippen LogP contribution in [0.15, 0.2) is 29.5 Å². The molecule has 0 aromatic carbocycles. The summed E-state index contributed by atoms with van der Waals surface area (Å²) in [6, 6.07) is 0. The van der Waals surface area contributed by atoms with Crippen molar-refractivity contribution in [1.29, 1.82) is 0 Å². The monoisotopic (exact) mass is 276 g/mol. The lowest BCUT2D eigenvalue weighted by Gasteiger charge is -2.47. The van der Waals surface area contributed by atoms with E-state index in [1.807, 2.05) is 6.92 Å². The van der Waals surface area contributed by atoms with Crippen LogP contribution < -0.4 is 0 Å². The summed E-state index contributed by atoms with van der Waals surface area (Å²) in [5.74, 6) is 1.12. The Morgan fingerprint density at radius 3 is 2.70 bits per heavy atom. The highest BCUT2D eigenvalue weighted by Gasteiger charge is 2.58. The van der Waals surface area contributed by atoms with Crippen molar-refractivity contribution in [2.75, 3.05) is 20.3 Å². The lowest BCUT2D eigenvalue weighted by molar-refractivity contribution is -0.145. The molecule has 2 atom stereocenters. The number of aliphatic imine (C=N–C) groups is 1. The lowest BCUT2D eigenvalue weighted by atomic mass is 9.74. The summed E-state index contributed by atoms with van der Waals surface area (Å²) in [5.41, 5.74) is -0.877. The fourth-order valence-corrected chi connectivity index (χ4v) is 3.34. The van der Waals surface area contributed by atoms with E-state index in [2.05, 4.69) is 18.2 Å². The zero-order valence-corrected chi connectivity index (χ0v) is 12.1. The van der Waals surface area contributed by atoms with Crippen LogP contribution in [0.1, 0.15) is 26.2 Å². The molecule has 0 aromatic heterocycles. The van der Waals surface area contributed by atoms with Gasteiger partial charge >= 0.3 is 0 Å². The van der Waals surface area contributed by atoms with Crippen molar-refractivity contribution in [3.63, 3.8) is 0 Å². The molecule has 0 saturated carbocycles. The molecule has 0 aliphatic carbocycles. The summed E-state index contributed by atoms with van der Waals surface area (Å²) in [4.78, 5) is 18.9. The van der Waals surface area contributed by atoms with E-state index < -0.39 is 11.1 Å². The highest BCUT2D eigenvalue weighted by atomic mass is 16.5. The first-order chi connectivity index (χ1) is 9.40. The number of hydrogen-bond acceptors (Lipinski definition) is 4. The number of hydrogen-bond donors (Lipinski definition) is 0. The largest absolute Gasteiger partial charge is 0.485 e. The van der Waals surface area contributed by atoms with Crippen molar-refractivity contribution in [2.45, 2.75) is 37.3 Å². The predicted octanol–water partition coefficient (Wildman–Crippen LogP) is 1.66. The van der Waals surface area contributed by atoms with E-state index >= 15 is 0 Å². The summed E-state index contributed by atoms with van der Waals surface area (Å²) in [6.07, 6.45) is 2.26. The van der Waals surface area contributed by atoms with E-state index in [-0.39, 0.29) is 5.91 Å². The van der Waals surface area contributed by atoms with Gasteiger partial charge in [-0.1, -0.05) is 13.2 Å². The van der Waals surface area contributed by atoms with Crippen LogP contribution in [0.3, 0.4) is 0 Å². The van der Waals surface area contributed by atoms with Gasteiger partial charge in [-0.05, 0) is 19.8 Å². The maximum Gasteiger partial charge on any atom is 0.260 e. The van der Waals surface area contributed by atoms with Crippen LogP contribution in [-0.2, 0) is 14.3 Å². The van der Waals surface area contributed by atoms with E-state index in [4.69, 9.17) is 9.47 Å². The van der Waals surface area contributed by atoms with Gasteiger partial charge in [0.25, 0.3) is 5.91 Å². The predicted molar refractivity (Wildman–Crippen MR) is 75.4 cm³/mol. The van der Waals surface area contributed by atoms with Gasteiger partial charge in [0, 0.05) is 25.6 Å². The normalized spacial score (nSPS) is 37.6. The van der Waals surface area contributed by atoms with E-state index in [0.29, 0.717) is 30.2 Å². The van der Waals surface area contributed by atoms with Crippen LogP contribution in [-0.4, -0.2) is 48.0 Å². The number of amides is 1. The fourth-order valence-electron chi connectivity index (χ4n) is 3.34. The number of rotatable bonds is 0. The topological polar surface area (TPSA) is 51.1 Å². The van der Waals surface area contributed by atoms with Gasteiger partial charge in [0.2, 0.25) is 0 Å². The molecule has 3 aliphatic rings. The molecular formula is C15H20N2O3. The summed E-state index contributed by atoms with van der Waals surface area (Å²) in [6.45, 7) is 11.0. The molecule has 108 valence electrons. The second-order valence-electron chi connectivity index (χ2n) is 5.90. The Balaban J connectivity index is 2.03. The third kappa shape index (κ3) is 1.66. The van der Waals surface area contributed by atoms with Gasteiger partial charge in [-0.2, -0.15) is 0 Å². The Morgan fingerprint density at radius 2 is 2.15 bits per heavy atom. The molecule has 2 spiro atoms. The number of amidine groups is 1. The molecule has 0 aromatic rings. The number of carbonyl (C=O) groups excluding carboxylic acids is 1. The maximum absolute atomic E-state index is 12.7. The Morgan fingerprint density at radius 1 is 1.40 bits per heavy atom. The second-order valence-corrected chi connectivity index (χ2v) is 5.90. The van der Waals surface area contributed by atoms with Crippen molar-refractivity contribution in [3.8, 4) is 0 Å². The molecule has 1 amide bonds. The molecule has 2 unspecified atom stereocenters. The first-order valence-electron chi connectivity index (χ1n) is 6.90. The average molecular weight is 276 g/mol. The minimum Gasteiger partial charge on any atom is -0.485 e. The summed E-state index contributed by atoms with van der Waals surface area (Å²) in [7, 11) is 1.74. The average Bonchev–Trinajstić information content (AvgIpc) is 2.62. The van der Waals surface area contributed by atoms with Crippen LogP contribution in [0.25, 0.3) is 0 Å². The fraction of sp³-hybridized carbons (Fsp3) is 0.600. The molecule has 5 heteroatoms. The van der Waals surface area contributed by atoms with E-state index in [0.717, 1.165) is 19.4 Å². The summed E-state index contributed by atoms with van der Waals surface area (Å²) >= 11 is 0. The van der Waals surface area contributed by atoms with E-state index in [9.17, 15) is 4.79 Å². The van der Waals surface area contributed by atoms with Crippen LogP contribution >= 0.6 is 0 Å². The van der Waals surface area contributed by atoms with Gasteiger partial charge in [0.1, 0.15) is 17.2 Å². The summed E-state index contributed by atoms with van der Waals surface area (Å²) < 4.78 is 11.5. The molecule has 2 saturated heterocycles. The van der Waals surface area contributed by atoms with Gasteiger partial charge in [-0.15, -0.1) is 0 Å². The zero-order valence-electron chi connectivity index (χ0n) is 12.1. The standard InChI is InChI=1S/C15H20N2O3/c1-10-11(2)20-14(6-5-7-19-9-14)8-15(10)13(18)17(4)12(3)16-15/h1-2,5-9H2,3-4H3. The van der Waals surface area contributed by atoms with E-state index in [1.165, 1.54) is 0 Å². The molecule has 2 fully saturated rings. The van der Waals surface area contributed by atoms with Gasteiger partial charge in [-0.3, -0.25) is 9.79 Å². The van der Waals surface area contributed by atoms with Crippen molar-refractivity contribution in [3.05, 3.63) is 24.5 Å². The van der Waals surface area contributed by atoms with Crippen molar-refractivity contribution >= 4 is 11.7 Å². The van der Waals surface area contributed by atoms with Gasteiger partial charge in [0.15, 0.2) is 5.54 Å². The smallest absolute Gasteiger partial charge is 0.260 e.